The lowest BCUT2D eigenvalue weighted by Gasteiger charge is -2.04. The van der Waals surface area contributed by atoms with E-state index in [2.05, 4.69) is 4.98 Å². The fraction of sp³-hybridized carbons (Fsp3) is 0.0556. The van der Waals surface area contributed by atoms with Gasteiger partial charge in [-0.2, -0.15) is 0 Å². The number of furan rings is 1. The van der Waals surface area contributed by atoms with Crippen LogP contribution in [0, 0.1) is 5.82 Å². The highest BCUT2D eigenvalue weighted by molar-refractivity contribution is 7.17. The molecule has 0 saturated heterocycles. The van der Waals surface area contributed by atoms with Crippen molar-refractivity contribution in [3.05, 3.63) is 75.8 Å². The van der Waals surface area contributed by atoms with Gasteiger partial charge < -0.3 is 9.52 Å². The number of aromatic carboxylic acids is 1. The molecular formula is C18H11FN2O4S. The Bertz CT molecular complexity index is 1170. The zero-order chi connectivity index (χ0) is 18.3. The maximum atomic E-state index is 13.2. The minimum Gasteiger partial charge on any atom is -0.475 e. The Morgan fingerprint density at radius 2 is 2.00 bits per heavy atom. The molecular weight excluding hydrogens is 359 g/mol. The van der Waals surface area contributed by atoms with Crippen LogP contribution in [0.15, 0.2) is 57.3 Å². The molecule has 0 radical (unpaired) electrons. The van der Waals surface area contributed by atoms with Gasteiger partial charge in [0.1, 0.15) is 16.4 Å². The van der Waals surface area contributed by atoms with Gasteiger partial charge in [-0.1, -0.05) is 12.1 Å². The second-order valence-electron chi connectivity index (χ2n) is 5.59. The summed E-state index contributed by atoms with van der Waals surface area (Å²) >= 11 is 1.33. The Morgan fingerprint density at radius 1 is 1.23 bits per heavy atom. The quantitative estimate of drug-likeness (QED) is 0.593. The molecule has 0 atom stereocenters. The Hall–Kier alpha value is -3.26. The third-order valence-electron chi connectivity index (χ3n) is 3.91. The van der Waals surface area contributed by atoms with Crippen LogP contribution in [0.3, 0.4) is 0 Å². The van der Waals surface area contributed by atoms with Gasteiger partial charge >= 0.3 is 5.97 Å². The molecule has 3 heterocycles. The van der Waals surface area contributed by atoms with Gasteiger partial charge in [0, 0.05) is 10.9 Å². The first kappa shape index (κ1) is 16.2. The number of carbonyl (C=O) groups is 1. The molecule has 0 unspecified atom stereocenters. The van der Waals surface area contributed by atoms with Crippen LogP contribution in [-0.4, -0.2) is 20.6 Å². The van der Waals surface area contributed by atoms with E-state index >= 15 is 0 Å². The monoisotopic (exact) mass is 370 g/mol. The highest BCUT2D eigenvalue weighted by atomic mass is 32.1. The van der Waals surface area contributed by atoms with Crippen LogP contribution in [0.25, 0.3) is 21.3 Å². The van der Waals surface area contributed by atoms with E-state index in [1.165, 1.54) is 46.5 Å². The van der Waals surface area contributed by atoms with Crippen molar-refractivity contribution in [2.75, 3.05) is 0 Å². The molecule has 6 nitrogen and oxygen atoms in total. The van der Waals surface area contributed by atoms with Crippen molar-refractivity contribution in [3.63, 3.8) is 0 Å². The van der Waals surface area contributed by atoms with Gasteiger partial charge in [0.05, 0.1) is 18.3 Å². The fourth-order valence-electron chi connectivity index (χ4n) is 2.67. The zero-order valence-corrected chi connectivity index (χ0v) is 14.0. The van der Waals surface area contributed by atoms with Crippen LogP contribution in [-0.2, 0) is 6.54 Å². The maximum absolute atomic E-state index is 13.2. The van der Waals surface area contributed by atoms with Crippen LogP contribution in [0.5, 0.6) is 0 Å². The number of thiophene rings is 1. The Morgan fingerprint density at radius 3 is 2.69 bits per heavy atom. The van der Waals surface area contributed by atoms with Gasteiger partial charge in [-0.25, -0.2) is 14.2 Å². The summed E-state index contributed by atoms with van der Waals surface area (Å²) in [6.07, 6.45) is 1.40. The van der Waals surface area contributed by atoms with E-state index < -0.39 is 5.97 Å². The fourth-order valence-corrected chi connectivity index (χ4v) is 3.57. The van der Waals surface area contributed by atoms with Crippen LogP contribution in [0.2, 0.25) is 0 Å². The van der Waals surface area contributed by atoms with Crippen molar-refractivity contribution < 1.29 is 18.7 Å². The molecule has 0 spiro atoms. The number of rotatable bonds is 4. The second-order valence-corrected chi connectivity index (χ2v) is 6.44. The number of hydrogen-bond donors (Lipinski definition) is 1. The number of carboxylic acids is 1. The molecule has 4 rings (SSSR count). The van der Waals surface area contributed by atoms with Crippen LogP contribution in [0.1, 0.15) is 16.3 Å². The van der Waals surface area contributed by atoms with E-state index in [0.29, 0.717) is 21.5 Å². The summed E-state index contributed by atoms with van der Waals surface area (Å²) in [5, 5.41) is 11.2. The number of fused-ring (bicyclic) bond motifs is 1. The van der Waals surface area contributed by atoms with Crippen molar-refractivity contribution in [1.82, 2.24) is 9.55 Å². The average Bonchev–Trinajstić information content (AvgIpc) is 3.25. The number of carboxylic acid groups (broad SMARTS) is 1. The highest BCUT2D eigenvalue weighted by Crippen LogP contribution is 2.30. The molecule has 0 bridgehead atoms. The smallest absolute Gasteiger partial charge is 0.371 e. The topological polar surface area (TPSA) is 85.3 Å². The van der Waals surface area contributed by atoms with Gasteiger partial charge in [0.25, 0.3) is 5.56 Å². The van der Waals surface area contributed by atoms with Crippen LogP contribution in [0.4, 0.5) is 4.39 Å². The average molecular weight is 370 g/mol. The largest absolute Gasteiger partial charge is 0.475 e. The molecule has 0 fully saturated rings. The summed E-state index contributed by atoms with van der Waals surface area (Å²) in [6, 6.07) is 8.74. The van der Waals surface area contributed by atoms with Gasteiger partial charge in [-0.3, -0.25) is 9.36 Å². The lowest BCUT2D eigenvalue weighted by molar-refractivity contribution is 0.0660. The normalized spacial score (nSPS) is 11.1. The first-order valence-corrected chi connectivity index (χ1v) is 8.45. The highest BCUT2D eigenvalue weighted by Gasteiger charge is 2.15. The summed E-state index contributed by atoms with van der Waals surface area (Å²) < 4.78 is 19.7. The summed E-state index contributed by atoms with van der Waals surface area (Å²) in [5.41, 5.74) is 1.13. The third kappa shape index (κ3) is 2.80. The number of nitrogens with zero attached hydrogens (tertiary/aromatic N) is 2. The Labute approximate surface area is 149 Å². The van der Waals surface area contributed by atoms with Gasteiger partial charge in [-0.05, 0) is 29.8 Å². The summed E-state index contributed by atoms with van der Waals surface area (Å²) in [6.45, 7) is 0.0633. The summed E-state index contributed by atoms with van der Waals surface area (Å²) in [5.74, 6) is -1.38. The van der Waals surface area contributed by atoms with Crippen molar-refractivity contribution in [3.8, 4) is 11.1 Å². The number of halogens is 1. The molecule has 1 aromatic carbocycles. The van der Waals surface area contributed by atoms with Gasteiger partial charge in [-0.15, -0.1) is 11.3 Å². The van der Waals surface area contributed by atoms with Gasteiger partial charge in [0.2, 0.25) is 5.76 Å². The molecule has 0 aliphatic rings. The molecule has 0 amide bonds. The minimum absolute atomic E-state index is 0.0633. The zero-order valence-electron chi connectivity index (χ0n) is 13.2. The van der Waals surface area contributed by atoms with Gasteiger partial charge in [0.15, 0.2) is 0 Å². The number of aromatic nitrogens is 2. The van der Waals surface area contributed by atoms with Crippen molar-refractivity contribution in [2.24, 2.45) is 0 Å². The molecule has 0 aliphatic carbocycles. The van der Waals surface area contributed by atoms with E-state index in [1.54, 1.807) is 12.1 Å². The van der Waals surface area contributed by atoms with E-state index in [1.807, 2.05) is 5.38 Å². The molecule has 0 aliphatic heterocycles. The summed E-state index contributed by atoms with van der Waals surface area (Å²) in [4.78, 5) is 28.7. The van der Waals surface area contributed by atoms with E-state index in [9.17, 15) is 14.0 Å². The van der Waals surface area contributed by atoms with Crippen molar-refractivity contribution in [2.45, 2.75) is 6.54 Å². The molecule has 26 heavy (non-hydrogen) atoms. The molecule has 8 heteroatoms. The van der Waals surface area contributed by atoms with Crippen LogP contribution >= 0.6 is 11.3 Å². The molecule has 0 saturated carbocycles. The van der Waals surface area contributed by atoms with Crippen molar-refractivity contribution in [1.29, 1.82) is 0 Å². The third-order valence-corrected chi connectivity index (χ3v) is 4.80. The lowest BCUT2D eigenvalue weighted by Crippen LogP contribution is -2.20. The molecule has 1 N–H and O–H groups in total. The number of hydrogen-bond acceptors (Lipinski definition) is 5. The Kier molecular flexibility index (Phi) is 3.89. The lowest BCUT2D eigenvalue weighted by atomic mass is 10.1. The molecule has 130 valence electrons. The first-order valence-electron chi connectivity index (χ1n) is 7.57. The second kappa shape index (κ2) is 6.23. The predicted octanol–water partition coefficient (Wildman–Crippen LogP) is 3.60. The summed E-state index contributed by atoms with van der Waals surface area (Å²) in [7, 11) is 0. The Balaban J connectivity index is 1.78. The van der Waals surface area contributed by atoms with Crippen molar-refractivity contribution >= 4 is 27.5 Å². The first-order chi connectivity index (χ1) is 12.5. The predicted molar refractivity (Wildman–Crippen MR) is 94.0 cm³/mol. The van der Waals surface area contributed by atoms with Crippen LogP contribution < -0.4 is 5.56 Å². The standard InChI is InChI=1S/C18H11FN2O4S/c19-11-3-1-10(2-4-11)13-8-26-16-15(13)17(22)21(9-20-16)7-12-5-6-14(25-12)18(23)24/h1-6,8-9H,7H2,(H,23,24). The maximum Gasteiger partial charge on any atom is 0.371 e. The van der Waals surface area contributed by atoms with E-state index in [-0.39, 0.29) is 23.7 Å². The van der Waals surface area contributed by atoms with E-state index in [4.69, 9.17) is 9.52 Å². The van der Waals surface area contributed by atoms with E-state index in [0.717, 1.165) is 5.56 Å². The minimum atomic E-state index is -1.17. The molecule has 3 aromatic heterocycles. The molecule has 4 aromatic rings. The number of benzene rings is 1. The SMILES string of the molecule is O=C(O)c1ccc(Cn2cnc3scc(-c4ccc(F)cc4)c3c2=O)o1.